The van der Waals surface area contributed by atoms with Gasteiger partial charge in [-0.2, -0.15) is 0 Å². The number of hydrogen-bond acceptors (Lipinski definition) is 5. The number of carbonyl (C=O) groups excluding carboxylic acids is 1. The zero-order chi connectivity index (χ0) is 26.7. The second kappa shape index (κ2) is 10.4. The second-order valence-corrected chi connectivity index (χ2v) is 11.0. The summed E-state index contributed by atoms with van der Waals surface area (Å²) in [7, 11) is -0.580. The molecule has 190 valence electrons. The minimum absolute atomic E-state index is 0.117. The van der Waals surface area contributed by atoms with E-state index in [-0.39, 0.29) is 28.7 Å². The number of benzene rings is 4. The summed E-state index contributed by atoms with van der Waals surface area (Å²) in [4.78, 5) is 24.0. The van der Waals surface area contributed by atoms with Gasteiger partial charge in [0.2, 0.25) is 10.0 Å². The summed E-state index contributed by atoms with van der Waals surface area (Å²) in [6.07, 6.45) is 0.400. The van der Waals surface area contributed by atoms with Crippen molar-refractivity contribution < 1.29 is 28.2 Å². The number of fused-ring (bicyclic) bond motifs is 1. The highest BCUT2D eigenvalue weighted by Crippen LogP contribution is 2.28. The van der Waals surface area contributed by atoms with Crippen LogP contribution in [0.3, 0.4) is 0 Å². The molecule has 0 fully saturated rings. The van der Waals surface area contributed by atoms with Gasteiger partial charge in [-0.25, -0.2) is 17.5 Å². The molecule has 0 bridgehead atoms. The van der Waals surface area contributed by atoms with E-state index >= 15 is 0 Å². The number of phenols is 1. The van der Waals surface area contributed by atoms with Crippen LogP contribution in [-0.4, -0.2) is 48.9 Å². The molecule has 9 heteroatoms. The Morgan fingerprint density at radius 1 is 0.811 bits per heavy atom. The molecule has 0 aliphatic carbocycles. The van der Waals surface area contributed by atoms with Gasteiger partial charge in [0, 0.05) is 32.6 Å². The quantitative estimate of drug-likeness (QED) is 0.324. The highest BCUT2D eigenvalue weighted by molar-refractivity contribution is 7.89. The maximum atomic E-state index is 12.8. The topological polar surface area (TPSA) is 124 Å². The molecule has 3 N–H and O–H groups in total. The Bertz CT molecular complexity index is 1580. The summed E-state index contributed by atoms with van der Waals surface area (Å²) in [6, 6.07) is 21.4. The molecule has 0 spiro atoms. The van der Waals surface area contributed by atoms with E-state index in [1.54, 1.807) is 48.5 Å². The van der Waals surface area contributed by atoms with E-state index in [0.29, 0.717) is 17.5 Å². The molecule has 0 unspecified atom stereocenters. The Balaban J connectivity index is 1.48. The lowest BCUT2D eigenvalue weighted by atomic mass is 9.98. The van der Waals surface area contributed by atoms with Crippen molar-refractivity contribution in [1.82, 2.24) is 9.62 Å². The van der Waals surface area contributed by atoms with Crippen molar-refractivity contribution in [2.75, 3.05) is 14.1 Å². The predicted octanol–water partition coefficient (Wildman–Crippen LogP) is 4.01. The fraction of sp³-hybridized carbons (Fsp3) is 0.143. The van der Waals surface area contributed by atoms with E-state index in [4.69, 9.17) is 5.11 Å². The third-order valence-electron chi connectivity index (χ3n) is 6.05. The number of aromatic carboxylic acids is 1. The van der Waals surface area contributed by atoms with E-state index < -0.39 is 16.0 Å². The monoisotopic (exact) mass is 518 g/mol. The lowest BCUT2D eigenvalue weighted by Gasteiger charge is -2.12. The first kappa shape index (κ1) is 25.9. The van der Waals surface area contributed by atoms with Crippen LogP contribution in [0.4, 0.5) is 0 Å². The van der Waals surface area contributed by atoms with Crippen LogP contribution in [0.5, 0.6) is 5.75 Å². The van der Waals surface area contributed by atoms with Crippen molar-refractivity contribution in [2.24, 2.45) is 0 Å². The van der Waals surface area contributed by atoms with Gasteiger partial charge >= 0.3 is 5.97 Å². The summed E-state index contributed by atoms with van der Waals surface area (Å²) in [5.74, 6) is -1.17. The van der Waals surface area contributed by atoms with Crippen LogP contribution in [0.25, 0.3) is 10.8 Å². The number of sulfonamides is 1. The highest BCUT2D eigenvalue weighted by atomic mass is 32.2. The SMILES string of the molecule is CN(C)S(=O)(=O)c1ccc(CNC(=O)c2ccc3cc(O)c(Cc4ccc(C(=O)O)cc4)cc3c2)cc1. The second-order valence-electron chi connectivity index (χ2n) is 8.84. The van der Waals surface area contributed by atoms with Gasteiger partial charge in [-0.15, -0.1) is 0 Å². The van der Waals surface area contributed by atoms with Gasteiger partial charge in [-0.1, -0.05) is 30.3 Å². The number of hydrogen-bond donors (Lipinski definition) is 3. The van der Waals surface area contributed by atoms with Gasteiger partial charge in [0.1, 0.15) is 5.75 Å². The minimum Gasteiger partial charge on any atom is -0.508 e. The largest absolute Gasteiger partial charge is 0.508 e. The fourth-order valence-electron chi connectivity index (χ4n) is 3.88. The molecule has 0 radical (unpaired) electrons. The van der Waals surface area contributed by atoms with Crippen LogP contribution in [0, 0.1) is 0 Å². The van der Waals surface area contributed by atoms with E-state index in [2.05, 4.69) is 5.32 Å². The Morgan fingerprint density at radius 3 is 2.05 bits per heavy atom. The molecule has 4 aromatic carbocycles. The van der Waals surface area contributed by atoms with Crippen molar-refractivity contribution in [2.45, 2.75) is 17.9 Å². The molecule has 0 saturated heterocycles. The molecule has 0 heterocycles. The molecule has 0 aliphatic rings. The van der Waals surface area contributed by atoms with Gasteiger partial charge in [0.15, 0.2) is 0 Å². The Kier molecular flexibility index (Phi) is 7.28. The van der Waals surface area contributed by atoms with E-state index in [1.807, 2.05) is 6.07 Å². The van der Waals surface area contributed by atoms with Gasteiger partial charge in [-0.05, 0) is 76.0 Å². The third-order valence-corrected chi connectivity index (χ3v) is 7.88. The summed E-state index contributed by atoms with van der Waals surface area (Å²) >= 11 is 0. The van der Waals surface area contributed by atoms with Crippen molar-refractivity contribution in [3.05, 3.63) is 107 Å². The number of aromatic hydroxyl groups is 1. The Morgan fingerprint density at radius 2 is 1.43 bits per heavy atom. The number of carbonyl (C=O) groups is 2. The maximum Gasteiger partial charge on any atom is 0.335 e. The first-order valence-electron chi connectivity index (χ1n) is 11.4. The number of nitrogens with one attached hydrogen (secondary N) is 1. The number of carboxylic acid groups (broad SMARTS) is 1. The first-order chi connectivity index (χ1) is 17.5. The Hall–Kier alpha value is -4.21. The van der Waals surface area contributed by atoms with E-state index in [1.165, 1.54) is 38.4 Å². The lowest BCUT2D eigenvalue weighted by molar-refractivity contribution is 0.0696. The average Bonchev–Trinajstić information content (AvgIpc) is 2.88. The summed E-state index contributed by atoms with van der Waals surface area (Å²) in [5.41, 5.74) is 2.89. The van der Waals surface area contributed by atoms with Gasteiger partial charge in [0.05, 0.1) is 10.5 Å². The molecule has 1 amide bonds. The predicted molar refractivity (Wildman–Crippen MR) is 140 cm³/mol. The normalized spacial score (nSPS) is 11.5. The van der Waals surface area contributed by atoms with Gasteiger partial charge < -0.3 is 15.5 Å². The molecule has 0 aromatic heterocycles. The lowest BCUT2D eigenvalue weighted by Crippen LogP contribution is -2.23. The Labute approximate surface area is 214 Å². The zero-order valence-electron chi connectivity index (χ0n) is 20.3. The van der Waals surface area contributed by atoms with E-state index in [0.717, 1.165) is 26.2 Å². The average molecular weight is 519 g/mol. The third kappa shape index (κ3) is 5.79. The van der Waals surface area contributed by atoms with Crippen molar-refractivity contribution in [3.8, 4) is 5.75 Å². The summed E-state index contributed by atoms with van der Waals surface area (Å²) in [6.45, 7) is 0.229. The molecular weight excluding hydrogens is 492 g/mol. The smallest absolute Gasteiger partial charge is 0.335 e. The van der Waals surface area contributed by atoms with Crippen molar-refractivity contribution >= 4 is 32.7 Å². The van der Waals surface area contributed by atoms with Crippen LogP contribution >= 0.6 is 0 Å². The standard InChI is InChI=1S/C28H26N2O6S/c1-30(2)37(35,36)25-11-5-19(6-12-25)17-29-27(32)22-10-9-21-16-26(31)24(15-23(21)14-22)13-18-3-7-20(8-4-18)28(33)34/h3-12,14-16,31H,13,17H2,1-2H3,(H,29,32)(H,33,34). The van der Waals surface area contributed by atoms with Crippen molar-refractivity contribution in [1.29, 1.82) is 0 Å². The number of carboxylic acids is 1. The van der Waals surface area contributed by atoms with E-state index in [9.17, 15) is 23.1 Å². The fourth-order valence-corrected chi connectivity index (χ4v) is 4.78. The number of phenolic OH excluding ortho intramolecular Hbond substituents is 1. The summed E-state index contributed by atoms with van der Waals surface area (Å²) < 4.78 is 25.6. The maximum absolute atomic E-state index is 12.8. The molecule has 37 heavy (non-hydrogen) atoms. The first-order valence-corrected chi connectivity index (χ1v) is 12.9. The number of nitrogens with zero attached hydrogens (tertiary/aromatic N) is 1. The minimum atomic E-state index is -3.52. The molecule has 0 aliphatic heterocycles. The molecule has 4 rings (SSSR count). The highest BCUT2D eigenvalue weighted by Gasteiger charge is 2.17. The molecule has 0 saturated carbocycles. The van der Waals surface area contributed by atoms with Gasteiger partial charge in [-0.3, -0.25) is 4.79 Å². The molecule has 0 atom stereocenters. The van der Waals surface area contributed by atoms with Crippen LogP contribution in [0.1, 0.15) is 37.4 Å². The van der Waals surface area contributed by atoms with Crippen molar-refractivity contribution in [3.63, 3.8) is 0 Å². The van der Waals surface area contributed by atoms with Crippen LogP contribution < -0.4 is 5.32 Å². The number of amides is 1. The van der Waals surface area contributed by atoms with Crippen LogP contribution in [0.15, 0.2) is 83.8 Å². The summed E-state index contributed by atoms with van der Waals surface area (Å²) in [5, 5.41) is 23.9. The zero-order valence-corrected chi connectivity index (χ0v) is 21.1. The number of rotatable bonds is 8. The van der Waals surface area contributed by atoms with Crippen LogP contribution in [0.2, 0.25) is 0 Å². The van der Waals surface area contributed by atoms with Gasteiger partial charge in [0.25, 0.3) is 5.91 Å². The molecule has 4 aromatic rings. The molecule has 8 nitrogen and oxygen atoms in total. The van der Waals surface area contributed by atoms with Crippen LogP contribution in [-0.2, 0) is 23.0 Å². The molecular formula is C28H26N2O6S.